The molecule has 0 spiro atoms. The zero-order valence-corrected chi connectivity index (χ0v) is 31.6. The molecule has 2 heterocycles. The fraction of sp³-hybridized carbons (Fsp3) is 0.0545. The molecule has 0 saturated heterocycles. The topological polar surface area (TPSA) is 18.1 Å². The Balaban J connectivity index is 0.922. The van der Waals surface area contributed by atoms with Gasteiger partial charge in [-0.2, -0.15) is 0 Å². The van der Waals surface area contributed by atoms with Gasteiger partial charge in [-0.3, -0.25) is 0 Å². The molecule has 0 unspecified atom stereocenters. The Kier molecular flexibility index (Phi) is 6.00. The van der Waals surface area contributed by atoms with E-state index in [0.29, 0.717) is 0 Å². The third kappa shape index (κ3) is 4.14. The van der Waals surface area contributed by atoms with E-state index in [9.17, 15) is 0 Å². The molecule has 0 aliphatic heterocycles. The Morgan fingerprint density at radius 1 is 0.368 bits per heavy atom. The van der Waals surface area contributed by atoms with Crippen molar-refractivity contribution >= 4 is 54.5 Å². The van der Waals surface area contributed by atoms with Crippen LogP contribution in [-0.4, -0.2) is 4.57 Å². The van der Waals surface area contributed by atoms with E-state index in [1.54, 1.807) is 0 Å². The number of rotatable bonds is 3. The molecule has 0 fully saturated rings. The Hall–Kier alpha value is -7.16. The van der Waals surface area contributed by atoms with Gasteiger partial charge in [0, 0.05) is 32.6 Å². The van der Waals surface area contributed by atoms with Crippen LogP contribution in [0.1, 0.15) is 25.0 Å². The average Bonchev–Trinajstić information content (AvgIpc) is 3.96. The van der Waals surface area contributed by atoms with Gasteiger partial charge in [-0.1, -0.05) is 135 Å². The van der Waals surface area contributed by atoms with Crippen LogP contribution in [0.4, 0.5) is 0 Å². The molecule has 0 atom stereocenters. The van der Waals surface area contributed by atoms with Crippen LogP contribution in [-0.2, 0) is 5.41 Å². The van der Waals surface area contributed by atoms with Gasteiger partial charge in [0.05, 0.1) is 11.0 Å². The van der Waals surface area contributed by atoms with Crippen LogP contribution in [0.2, 0.25) is 0 Å². The molecule has 2 aromatic heterocycles. The summed E-state index contributed by atoms with van der Waals surface area (Å²) < 4.78 is 8.60. The summed E-state index contributed by atoms with van der Waals surface area (Å²) in [7, 11) is 0. The van der Waals surface area contributed by atoms with Gasteiger partial charge in [-0.15, -0.1) is 0 Å². The molecule has 2 aliphatic carbocycles. The van der Waals surface area contributed by atoms with Crippen molar-refractivity contribution in [1.82, 2.24) is 4.57 Å². The first-order chi connectivity index (χ1) is 28.0. The summed E-state index contributed by atoms with van der Waals surface area (Å²) in [6.07, 6.45) is 0. The molecule has 0 saturated carbocycles. The number of hydrogen-bond acceptors (Lipinski definition) is 1. The van der Waals surface area contributed by atoms with Gasteiger partial charge < -0.3 is 8.98 Å². The van der Waals surface area contributed by atoms with Gasteiger partial charge in [0.1, 0.15) is 11.2 Å². The third-order valence-electron chi connectivity index (χ3n) is 13.2. The molecule has 2 heteroatoms. The third-order valence-corrected chi connectivity index (χ3v) is 13.2. The molecule has 2 nitrogen and oxygen atoms in total. The van der Waals surface area contributed by atoms with Crippen LogP contribution in [0.15, 0.2) is 180 Å². The molecule has 0 N–H and O–H groups in total. The van der Waals surface area contributed by atoms with Gasteiger partial charge in [0.25, 0.3) is 0 Å². The van der Waals surface area contributed by atoms with Crippen molar-refractivity contribution in [3.63, 3.8) is 0 Å². The van der Waals surface area contributed by atoms with Crippen molar-refractivity contribution in [3.05, 3.63) is 187 Å². The molecule has 13 rings (SSSR count). The zero-order valence-electron chi connectivity index (χ0n) is 31.6. The summed E-state index contributed by atoms with van der Waals surface area (Å²) in [5.74, 6) is 0. The lowest BCUT2D eigenvalue weighted by molar-refractivity contribution is 0.660. The van der Waals surface area contributed by atoms with Crippen molar-refractivity contribution in [2.24, 2.45) is 0 Å². The molecular weight excluding hydrogens is 691 g/mol. The van der Waals surface area contributed by atoms with E-state index in [2.05, 4.69) is 182 Å². The molecule has 266 valence electrons. The summed E-state index contributed by atoms with van der Waals surface area (Å²) in [6, 6.07) is 65.2. The minimum atomic E-state index is -0.177. The Labute approximate surface area is 329 Å². The SMILES string of the molecule is CC1(C)c2cc(-c3ccc4c5c(cccc35)-c3ccccc3-4)ccc2-c2ccc(-n3c4ccccc4c4cc(-c5ccc6oc7ccccc7c6c5)ccc43)cc21. The Morgan fingerprint density at radius 2 is 0.947 bits per heavy atom. The second-order valence-corrected chi connectivity index (χ2v) is 16.4. The van der Waals surface area contributed by atoms with E-state index in [0.717, 1.165) is 21.9 Å². The first-order valence-corrected chi connectivity index (χ1v) is 19.9. The normalized spacial score (nSPS) is 13.6. The van der Waals surface area contributed by atoms with Gasteiger partial charge >= 0.3 is 0 Å². The minimum absolute atomic E-state index is 0.177. The lowest BCUT2D eigenvalue weighted by Crippen LogP contribution is -2.15. The molecule has 0 amide bonds. The van der Waals surface area contributed by atoms with Crippen molar-refractivity contribution in [3.8, 4) is 61.3 Å². The van der Waals surface area contributed by atoms with Gasteiger partial charge in [-0.05, 0) is 132 Å². The van der Waals surface area contributed by atoms with Gasteiger partial charge in [-0.25, -0.2) is 0 Å². The lowest BCUT2D eigenvalue weighted by atomic mass is 9.81. The van der Waals surface area contributed by atoms with E-state index in [-0.39, 0.29) is 5.41 Å². The highest BCUT2D eigenvalue weighted by Gasteiger charge is 2.36. The van der Waals surface area contributed by atoms with Crippen molar-refractivity contribution in [1.29, 1.82) is 0 Å². The first kappa shape index (κ1) is 31.1. The highest BCUT2D eigenvalue weighted by atomic mass is 16.3. The number of aromatic nitrogens is 1. The monoisotopic (exact) mass is 725 g/mol. The maximum Gasteiger partial charge on any atom is 0.135 e. The largest absolute Gasteiger partial charge is 0.456 e. The van der Waals surface area contributed by atoms with Gasteiger partial charge in [0.15, 0.2) is 0 Å². The van der Waals surface area contributed by atoms with Crippen LogP contribution in [0.25, 0.3) is 116 Å². The van der Waals surface area contributed by atoms with E-state index >= 15 is 0 Å². The highest BCUT2D eigenvalue weighted by Crippen LogP contribution is 2.53. The quantitative estimate of drug-likeness (QED) is 0.177. The summed E-state index contributed by atoms with van der Waals surface area (Å²) >= 11 is 0. The molecule has 9 aromatic carbocycles. The Bertz CT molecular complexity index is 3530. The fourth-order valence-corrected chi connectivity index (χ4v) is 10.4. The number of furan rings is 1. The van der Waals surface area contributed by atoms with E-state index < -0.39 is 0 Å². The summed E-state index contributed by atoms with van der Waals surface area (Å²) in [5, 5.41) is 7.50. The Morgan fingerprint density at radius 3 is 1.81 bits per heavy atom. The predicted molar refractivity (Wildman–Crippen MR) is 238 cm³/mol. The highest BCUT2D eigenvalue weighted by molar-refractivity contribution is 6.19. The average molecular weight is 726 g/mol. The van der Waals surface area contributed by atoms with E-state index in [4.69, 9.17) is 4.42 Å². The summed E-state index contributed by atoms with van der Waals surface area (Å²) in [4.78, 5) is 0. The number of nitrogens with zero attached hydrogens (tertiary/aromatic N) is 1. The van der Waals surface area contributed by atoms with E-state index in [1.165, 1.54) is 105 Å². The van der Waals surface area contributed by atoms with Crippen molar-refractivity contribution < 1.29 is 4.42 Å². The summed E-state index contributed by atoms with van der Waals surface area (Å²) in [6.45, 7) is 4.79. The second-order valence-electron chi connectivity index (χ2n) is 16.4. The second kappa shape index (κ2) is 11.0. The van der Waals surface area contributed by atoms with Crippen LogP contribution >= 0.6 is 0 Å². The number of para-hydroxylation sites is 2. The zero-order chi connectivity index (χ0) is 37.6. The van der Waals surface area contributed by atoms with Crippen LogP contribution in [0.3, 0.4) is 0 Å². The maximum atomic E-state index is 6.15. The molecule has 0 radical (unpaired) electrons. The summed E-state index contributed by atoms with van der Waals surface area (Å²) in [5.41, 5.74) is 21.0. The predicted octanol–water partition coefficient (Wildman–Crippen LogP) is 15.1. The molecule has 2 aliphatic rings. The van der Waals surface area contributed by atoms with Crippen LogP contribution < -0.4 is 0 Å². The molecule has 11 aromatic rings. The number of hydrogen-bond donors (Lipinski definition) is 0. The molecule has 57 heavy (non-hydrogen) atoms. The van der Waals surface area contributed by atoms with Crippen molar-refractivity contribution in [2.45, 2.75) is 19.3 Å². The lowest BCUT2D eigenvalue weighted by Gasteiger charge is -2.23. The van der Waals surface area contributed by atoms with Crippen LogP contribution in [0, 0.1) is 0 Å². The standard InChI is InChI=1S/C55H35NO/c1-55(2)48-30-34(36-24-25-45-38-11-4-3-10-37(38)44-15-9-14-43(36)54(44)45)18-22-39(48)40-23-21-35(31-49(40)55)56-50-16-7-5-12-41(50)46-28-32(19-26-51(46)56)33-20-27-53-47(29-33)42-13-6-8-17-52(42)57-53/h3-31H,1-2H3. The smallest absolute Gasteiger partial charge is 0.135 e. The minimum Gasteiger partial charge on any atom is -0.456 e. The van der Waals surface area contributed by atoms with E-state index in [1.807, 2.05) is 12.1 Å². The molecule has 0 bridgehead atoms. The fourth-order valence-electron chi connectivity index (χ4n) is 10.4. The molecular formula is C55H35NO. The van der Waals surface area contributed by atoms with Gasteiger partial charge in [0.2, 0.25) is 0 Å². The number of fused-ring (bicyclic) bond motifs is 12. The van der Waals surface area contributed by atoms with Crippen LogP contribution in [0.5, 0.6) is 0 Å². The first-order valence-electron chi connectivity index (χ1n) is 19.9. The van der Waals surface area contributed by atoms with Crippen molar-refractivity contribution in [2.75, 3.05) is 0 Å². The maximum absolute atomic E-state index is 6.15. The number of benzene rings is 9.